The van der Waals surface area contributed by atoms with E-state index < -0.39 is 17.6 Å². The maximum absolute atomic E-state index is 13.5. The van der Waals surface area contributed by atoms with Crippen LogP contribution in [0, 0.1) is 5.82 Å². The van der Waals surface area contributed by atoms with E-state index in [1.165, 1.54) is 38.5 Å². The lowest BCUT2D eigenvalue weighted by molar-refractivity contribution is -0.120. The van der Waals surface area contributed by atoms with Crippen LogP contribution in [0.25, 0.3) is 5.57 Å². The van der Waals surface area contributed by atoms with Crippen LogP contribution in [0.4, 0.5) is 15.8 Å². The van der Waals surface area contributed by atoms with Crippen LogP contribution in [0.5, 0.6) is 11.5 Å². The molecule has 1 aliphatic heterocycles. The minimum atomic E-state index is -0.607. The molecular weight excluding hydrogens is 435 g/mol. The van der Waals surface area contributed by atoms with Gasteiger partial charge < -0.3 is 14.8 Å². The van der Waals surface area contributed by atoms with Crippen LogP contribution < -0.4 is 19.7 Å². The average Bonchev–Trinajstić information content (AvgIpc) is 3.04. The lowest BCUT2D eigenvalue weighted by Gasteiger charge is -2.16. The molecule has 1 heterocycles. The van der Waals surface area contributed by atoms with Crippen LogP contribution in [-0.2, 0) is 9.59 Å². The number of carbonyl (C=O) groups excluding carboxylic acids is 2. The van der Waals surface area contributed by atoms with E-state index in [9.17, 15) is 14.0 Å². The number of hydrogen-bond acceptors (Lipinski definition) is 5. The Hall–Kier alpha value is -3.84. The standard InChI is InChI=1S/C24H18ClFN2O4/c1-31-19-6-4-3-5-17(19)21-22(27-18-13-14(25)7-12-20(18)32-2)24(30)28(23(21)29)16-10-8-15(26)9-11-16/h3-13,27H,1-2H3. The summed E-state index contributed by atoms with van der Waals surface area (Å²) in [5.41, 5.74) is 1.21. The Morgan fingerprint density at radius 3 is 2.25 bits per heavy atom. The highest BCUT2D eigenvalue weighted by Crippen LogP contribution is 2.39. The second-order valence-electron chi connectivity index (χ2n) is 6.84. The zero-order valence-corrected chi connectivity index (χ0v) is 17.9. The van der Waals surface area contributed by atoms with Gasteiger partial charge in [0.25, 0.3) is 11.8 Å². The summed E-state index contributed by atoms with van der Waals surface area (Å²) >= 11 is 6.14. The van der Waals surface area contributed by atoms with Crippen molar-refractivity contribution < 1.29 is 23.5 Å². The summed E-state index contributed by atoms with van der Waals surface area (Å²) in [7, 11) is 2.96. The summed E-state index contributed by atoms with van der Waals surface area (Å²) in [6.07, 6.45) is 0. The molecule has 3 aromatic rings. The lowest BCUT2D eigenvalue weighted by Crippen LogP contribution is -2.32. The molecule has 0 atom stereocenters. The average molecular weight is 453 g/mol. The zero-order chi connectivity index (χ0) is 22.8. The molecule has 32 heavy (non-hydrogen) atoms. The third-order valence-corrected chi connectivity index (χ3v) is 5.20. The van der Waals surface area contributed by atoms with Crippen LogP contribution >= 0.6 is 11.6 Å². The van der Waals surface area contributed by atoms with Crippen molar-refractivity contribution in [2.45, 2.75) is 0 Å². The van der Waals surface area contributed by atoms with Crippen molar-refractivity contribution in [3.63, 3.8) is 0 Å². The van der Waals surface area contributed by atoms with Crippen molar-refractivity contribution in [2.24, 2.45) is 0 Å². The number of amides is 2. The number of carbonyl (C=O) groups is 2. The zero-order valence-electron chi connectivity index (χ0n) is 17.2. The maximum atomic E-state index is 13.5. The fraction of sp³-hybridized carbons (Fsp3) is 0.0833. The number of hydrogen-bond donors (Lipinski definition) is 1. The molecule has 162 valence electrons. The van der Waals surface area contributed by atoms with Gasteiger partial charge in [0, 0.05) is 10.6 Å². The van der Waals surface area contributed by atoms with E-state index in [1.807, 2.05) is 0 Å². The molecule has 4 rings (SSSR count). The molecule has 2 amide bonds. The largest absolute Gasteiger partial charge is 0.496 e. The molecule has 0 bridgehead atoms. The summed E-state index contributed by atoms with van der Waals surface area (Å²) in [5.74, 6) is -0.810. The van der Waals surface area contributed by atoms with Gasteiger partial charge in [-0.3, -0.25) is 9.59 Å². The monoisotopic (exact) mass is 452 g/mol. The summed E-state index contributed by atoms with van der Waals surface area (Å²) in [5, 5.41) is 3.44. The topological polar surface area (TPSA) is 67.9 Å². The first-order valence-corrected chi connectivity index (χ1v) is 9.95. The first-order chi connectivity index (χ1) is 15.4. The Morgan fingerprint density at radius 2 is 1.56 bits per heavy atom. The molecular formula is C24H18ClFN2O4. The third kappa shape index (κ3) is 3.78. The number of ether oxygens (including phenoxy) is 2. The number of benzene rings is 3. The number of nitrogens with one attached hydrogen (secondary N) is 1. The Balaban J connectivity index is 1.89. The van der Waals surface area contributed by atoms with E-state index in [2.05, 4.69) is 5.32 Å². The Kier molecular flexibility index (Phi) is 5.83. The minimum absolute atomic E-state index is 0.0180. The summed E-state index contributed by atoms with van der Waals surface area (Å²) in [6, 6.07) is 16.9. The Labute approximate surface area is 188 Å². The molecule has 3 aromatic carbocycles. The lowest BCUT2D eigenvalue weighted by atomic mass is 10.0. The van der Waals surface area contributed by atoms with E-state index in [0.717, 1.165) is 4.90 Å². The highest BCUT2D eigenvalue weighted by molar-refractivity contribution is 6.46. The van der Waals surface area contributed by atoms with Gasteiger partial charge in [0.1, 0.15) is 23.0 Å². The molecule has 0 saturated heterocycles. The predicted octanol–water partition coefficient (Wildman–Crippen LogP) is 4.89. The van der Waals surface area contributed by atoms with E-state index in [-0.39, 0.29) is 17.0 Å². The van der Waals surface area contributed by atoms with Gasteiger partial charge >= 0.3 is 0 Å². The molecule has 8 heteroatoms. The van der Waals surface area contributed by atoms with Crippen molar-refractivity contribution in [3.8, 4) is 11.5 Å². The fourth-order valence-corrected chi connectivity index (χ4v) is 3.66. The quantitative estimate of drug-likeness (QED) is 0.539. The van der Waals surface area contributed by atoms with Gasteiger partial charge in [0.05, 0.1) is 31.2 Å². The number of nitrogens with zero attached hydrogens (tertiary/aromatic N) is 1. The van der Waals surface area contributed by atoms with Gasteiger partial charge in [0.2, 0.25) is 0 Å². The van der Waals surface area contributed by atoms with Gasteiger partial charge in [-0.25, -0.2) is 9.29 Å². The van der Waals surface area contributed by atoms with Crippen LogP contribution in [0.15, 0.2) is 72.4 Å². The Morgan fingerprint density at radius 1 is 0.875 bits per heavy atom. The molecule has 6 nitrogen and oxygen atoms in total. The summed E-state index contributed by atoms with van der Waals surface area (Å²) < 4.78 is 24.2. The summed E-state index contributed by atoms with van der Waals surface area (Å²) in [4.78, 5) is 27.9. The molecule has 0 aliphatic carbocycles. The van der Waals surface area contributed by atoms with Gasteiger partial charge in [-0.15, -0.1) is 0 Å². The smallest absolute Gasteiger partial charge is 0.282 e. The second-order valence-corrected chi connectivity index (χ2v) is 7.28. The molecule has 0 fully saturated rings. The summed E-state index contributed by atoms with van der Waals surface area (Å²) in [6.45, 7) is 0. The first-order valence-electron chi connectivity index (χ1n) is 9.57. The molecule has 1 aliphatic rings. The van der Waals surface area contributed by atoms with Crippen molar-refractivity contribution >= 4 is 40.4 Å². The van der Waals surface area contributed by atoms with E-state index in [4.69, 9.17) is 21.1 Å². The SMILES string of the molecule is COc1ccc(Cl)cc1NC1=C(c2ccccc2OC)C(=O)N(c2ccc(F)cc2)C1=O. The second kappa shape index (κ2) is 8.72. The molecule has 0 radical (unpaired) electrons. The third-order valence-electron chi connectivity index (χ3n) is 4.97. The van der Waals surface area contributed by atoms with Gasteiger partial charge in [-0.1, -0.05) is 29.8 Å². The number of halogens is 2. The van der Waals surface area contributed by atoms with Crippen molar-refractivity contribution in [2.75, 3.05) is 24.4 Å². The van der Waals surface area contributed by atoms with Crippen LogP contribution in [0.1, 0.15) is 5.56 Å². The highest BCUT2D eigenvalue weighted by Gasteiger charge is 2.41. The molecule has 1 N–H and O–H groups in total. The van der Waals surface area contributed by atoms with Gasteiger partial charge in [-0.2, -0.15) is 0 Å². The number of para-hydroxylation sites is 1. The highest BCUT2D eigenvalue weighted by atomic mass is 35.5. The molecule has 0 saturated carbocycles. The molecule has 0 spiro atoms. The fourth-order valence-electron chi connectivity index (χ4n) is 3.48. The van der Waals surface area contributed by atoms with Crippen molar-refractivity contribution in [1.82, 2.24) is 0 Å². The van der Waals surface area contributed by atoms with Crippen LogP contribution in [-0.4, -0.2) is 26.0 Å². The van der Waals surface area contributed by atoms with Crippen molar-refractivity contribution in [3.05, 3.63) is 88.8 Å². The van der Waals surface area contributed by atoms with Crippen LogP contribution in [0.2, 0.25) is 5.02 Å². The molecule has 0 unspecified atom stereocenters. The van der Waals surface area contributed by atoms with E-state index in [0.29, 0.717) is 27.8 Å². The maximum Gasteiger partial charge on any atom is 0.282 e. The first kappa shape index (κ1) is 21.4. The van der Waals surface area contributed by atoms with Crippen molar-refractivity contribution in [1.29, 1.82) is 0 Å². The van der Waals surface area contributed by atoms with Crippen LogP contribution in [0.3, 0.4) is 0 Å². The van der Waals surface area contributed by atoms with E-state index >= 15 is 0 Å². The number of anilines is 2. The number of rotatable bonds is 6. The number of methoxy groups -OCH3 is 2. The van der Waals surface area contributed by atoms with Gasteiger partial charge in [0.15, 0.2) is 0 Å². The van der Waals surface area contributed by atoms with E-state index in [1.54, 1.807) is 42.5 Å². The number of imide groups is 1. The Bertz CT molecular complexity index is 1240. The van der Waals surface area contributed by atoms with Gasteiger partial charge in [-0.05, 0) is 48.5 Å². The minimum Gasteiger partial charge on any atom is -0.496 e. The molecule has 0 aromatic heterocycles. The normalized spacial score (nSPS) is 13.6. The predicted molar refractivity (Wildman–Crippen MR) is 120 cm³/mol.